The Morgan fingerprint density at radius 1 is 0.358 bits per heavy atom. The lowest BCUT2D eigenvalue weighted by atomic mass is 9.98. The first kappa shape index (κ1) is 29.4. The van der Waals surface area contributed by atoms with Crippen LogP contribution < -0.4 is 0 Å². The van der Waals surface area contributed by atoms with Gasteiger partial charge in [0.15, 0.2) is 0 Å². The van der Waals surface area contributed by atoms with Gasteiger partial charge in [0, 0.05) is 43.7 Å². The van der Waals surface area contributed by atoms with Gasteiger partial charge in [-0.15, -0.1) is 0 Å². The van der Waals surface area contributed by atoms with Crippen molar-refractivity contribution in [3.05, 3.63) is 188 Å². The van der Waals surface area contributed by atoms with Crippen LogP contribution in [-0.4, -0.2) is 13.7 Å². The lowest BCUT2D eigenvalue weighted by Crippen LogP contribution is -2.01. The lowest BCUT2D eigenvalue weighted by molar-refractivity contribution is 1.13. The molecule has 8 aromatic carbocycles. The summed E-state index contributed by atoms with van der Waals surface area (Å²) < 4.78 is 6.96. The van der Waals surface area contributed by atoms with Gasteiger partial charge in [-0.05, 0) is 83.9 Å². The van der Waals surface area contributed by atoms with Crippen molar-refractivity contribution in [2.45, 2.75) is 0 Å². The number of hydrogen-bond donors (Lipinski definition) is 0. The molecule has 0 spiro atoms. The number of para-hydroxylation sites is 5. The van der Waals surface area contributed by atoms with Crippen molar-refractivity contribution in [3.63, 3.8) is 0 Å². The fraction of sp³-hybridized carbons (Fsp3) is 0. The molecule has 0 atom stereocenters. The van der Waals surface area contributed by atoms with E-state index in [1.807, 2.05) is 6.07 Å². The maximum atomic E-state index is 10.4. The third-order valence-corrected chi connectivity index (χ3v) is 10.9. The Morgan fingerprint density at radius 3 is 1.57 bits per heavy atom. The second-order valence-corrected chi connectivity index (χ2v) is 13.7. The first-order chi connectivity index (χ1) is 26.3. The summed E-state index contributed by atoms with van der Waals surface area (Å²) in [6.07, 6.45) is 0. The topological polar surface area (TPSA) is 38.6 Å². The minimum atomic E-state index is 0.629. The molecule has 4 heteroatoms. The van der Waals surface area contributed by atoms with Crippen LogP contribution in [0.2, 0.25) is 0 Å². The van der Waals surface area contributed by atoms with Gasteiger partial charge in [-0.3, -0.25) is 0 Å². The van der Waals surface area contributed by atoms with Gasteiger partial charge in [-0.1, -0.05) is 109 Å². The van der Waals surface area contributed by atoms with Crippen LogP contribution in [0.15, 0.2) is 182 Å². The van der Waals surface area contributed by atoms with E-state index < -0.39 is 0 Å². The van der Waals surface area contributed by atoms with Gasteiger partial charge in [0.25, 0.3) is 0 Å². The first-order valence-electron chi connectivity index (χ1n) is 17.9. The summed E-state index contributed by atoms with van der Waals surface area (Å²) in [5, 5.41) is 17.6. The smallest absolute Gasteiger partial charge is 0.101 e. The Labute approximate surface area is 305 Å². The molecule has 11 aromatic rings. The van der Waals surface area contributed by atoms with E-state index in [4.69, 9.17) is 0 Å². The lowest BCUT2D eigenvalue weighted by Gasteiger charge is -2.14. The Bertz CT molecular complexity index is 3240. The van der Waals surface area contributed by atoms with Crippen molar-refractivity contribution in [1.82, 2.24) is 13.7 Å². The Balaban J connectivity index is 1.16. The summed E-state index contributed by atoms with van der Waals surface area (Å²) in [4.78, 5) is 0. The molecule has 3 aromatic heterocycles. The highest BCUT2D eigenvalue weighted by atomic mass is 15.0. The van der Waals surface area contributed by atoms with Gasteiger partial charge in [-0.25, -0.2) is 0 Å². The van der Waals surface area contributed by atoms with E-state index in [0.717, 1.165) is 39.1 Å². The number of rotatable bonds is 4. The van der Waals surface area contributed by atoms with E-state index in [2.05, 4.69) is 196 Å². The molecule has 0 radical (unpaired) electrons. The fourth-order valence-electron chi connectivity index (χ4n) is 8.65. The van der Waals surface area contributed by atoms with Crippen LogP contribution in [0, 0.1) is 11.3 Å². The Kier molecular flexibility index (Phi) is 6.28. The standard InChI is InChI=1S/C49H30N4/c50-31-33-25-27-35(30-48(33)53-43-21-9-4-15-37(43)38-16-5-10-22-44(38)53)52-45-23-11-7-18-40(45)49-36(19-12-24-47(49)52)32-26-28-46-41(29-32)39-17-6-8-20-42(39)51(46)34-13-2-1-3-14-34/h1-30H. The van der Waals surface area contributed by atoms with Crippen LogP contribution in [0.3, 0.4) is 0 Å². The molecule has 11 rings (SSSR count). The van der Waals surface area contributed by atoms with Crippen molar-refractivity contribution in [3.8, 4) is 34.3 Å². The second-order valence-electron chi connectivity index (χ2n) is 13.7. The van der Waals surface area contributed by atoms with E-state index in [1.165, 1.54) is 54.5 Å². The zero-order chi connectivity index (χ0) is 35.0. The van der Waals surface area contributed by atoms with Crippen LogP contribution in [0.5, 0.6) is 0 Å². The van der Waals surface area contributed by atoms with E-state index >= 15 is 0 Å². The van der Waals surface area contributed by atoms with Crippen LogP contribution >= 0.6 is 0 Å². The summed E-state index contributed by atoms with van der Waals surface area (Å²) in [5.41, 5.74) is 12.8. The number of hydrogen-bond acceptors (Lipinski definition) is 1. The molecule has 246 valence electrons. The van der Waals surface area contributed by atoms with Gasteiger partial charge in [0.2, 0.25) is 0 Å². The summed E-state index contributed by atoms with van der Waals surface area (Å²) in [7, 11) is 0. The number of aromatic nitrogens is 3. The molecular weight excluding hydrogens is 645 g/mol. The average molecular weight is 675 g/mol. The van der Waals surface area contributed by atoms with Crippen LogP contribution in [0.1, 0.15) is 5.56 Å². The molecule has 0 N–H and O–H groups in total. The van der Waals surface area contributed by atoms with E-state index in [1.54, 1.807) is 0 Å². The van der Waals surface area contributed by atoms with Crippen molar-refractivity contribution in [2.24, 2.45) is 0 Å². The molecule has 3 heterocycles. The van der Waals surface area contributed by atoms with Gasteiger partial charge >= 0.3 is 0 Å². The molecule has 0 fully saturated rings. The summed E-state index contributed by atoms with van der Waals surface area (Å²) >= 11 is 0. The number of nitriles is 1. The van der Waals surface area contributed by atoms with Gasteiger partial charge < -0.3 is 13.7 Å². The largest absolute Gasteiger partial charge is 0.309 e. The Morgan fingerprint density at radius 2 is 0.887 bits per heavy atom. The third-order valence-electron chi connectivity index (χ3n) is 10.9. The first-order valence-corrected chi connectivity index (χ1v) is 17.9. The van der Waals surface area contributed by atoms with Crippen molar-refractivity contribution in [2.75, 3.05) is 0 Å². The maximum absolute atomic E-state index is 10.4. The molecule has 0 amide bonds. The van der Waals surface area contributed by atoms with Crippen LogP contribution in [0.25, 0.3) is 93.6 Å². The molecule has 0 aliphatic heterocycles. The van der Waals surface area contributed by atoms with Gasteiger partial charge in [0.05, 0.1) is 44.4 Å². The maximum Gasteiger partial charge on any atom is 0.101 e. The van der Waals surface area contributed by atoms with Gasteiger partial charge in [-0.2, -0.15) is 5.26 Å². The summed E-state index contributed by atoms with van der Waals surface area (Å²) in [5.74, 6) is 0. The highest BCUT2D eigenvalue weighted by molar-refractivity contribution is 6.17. The van der Waals surface area contributed by atoms with Crippen LogP contribution in [0.4, 0.5) is 0 Å². The zero-order valence-corrected chi connectivity index (χ0v) is 28.6. The predicted octanol–water partition coefficient (Wildman–Crippen LogP) is 12.5. The molecule has 0 aliphatic carbocycles. The highest BCUT2D eigenvalue weighted by Gasteiger charge is 2.20. The molecular formula is C49H30N4. The highest BCUT2D eigenvalue weighted by Crippen LogP contribution is 2.42. The predicted molar refractivity (Wildman–Crippen MR) is 220 cm³/mol. The normalized spacial score (nSPS) is 11.8. The zero-order valence-electron chi connectivity index (χ0n) is 28.6. The summed E-state index contributed by atoms with van der Waals surface area (Å²) in [6.45, 7) is 0. The SMILES string of the molecule is N#Cc1ccc(-n2c3ccccc3c3c(-c4ccc5c(c4)c4ccccc4n5-c4ccccc4)cccc32)cc1-n1c2ccccc2c2ccccc21. The fourth-order valence-corrected chi connectivity index (χ4v) is 8.65. The molecule has 0 unspecified atom stereocenters. The van der Waals surface area contributed by atoms with Crippen LogP contribution in [-0.2, 0) is 0 Å². The Hall–Kier alpha value is -7.35. The molecule has 4 nitrogen and oxygen atoms in total. The number of nitrogens with zero attached hydrogens (tertiary/aromatic N) is 4. The molecule has 0 aliphatic rings. The van der Waals surface area contributed by atoms with E-state index in [0.29, 0.717) is 5.56 Å². The summed E-state index contributed by atoms with van der Waals surface area (Å²) in [6, 6.07) is 67.1. The minimum Gasteiger partial charge on any atom is -0.309 e. The van der Waals surface area contributed by atoms with Crippen molar-refractivity contribution in [1.29, 1.82) is 5.26 Å². The molecule has 53 heavy (non-hydrogen) atoms. The van der Waals surface area contributed by atoms with E-state index in [9.17, 15) is 5.26 Å². The average Bonchev–Trinajstić information content (AvgIpc) is 3.86. The second kappa shape index (κ2) is 11.3. The molecule has 0 saturated heterocycles. The van der Waals surface area contributed by atoms with E-state index in [-0.39, 0.29) is 0 Å². The quantitative estimate of drug-likeness (QED) is 0.183. The monoisotopic (exact) mass is 674 g/mol. The third kappa shape index (κ3) is 4.22. The minimum absolute atomic E-state index is 0.629. The van der Waals surface area contributed by atoms with Gasteiger partial charge in [0.1, 0.15) is 6.07 Å². The number of fused-ring (bicyclic) bond motifs is 9. The molecule has 0 saturated carbocycles. The van der Waals surface area contributed by atoms with Crippen molar-refractivity contribution >= 4 is 65.4 Å². The number of benzene rings is 8. The molecule has 0 bridgehead atoms. The van der Waals surface area contributed by atoms with Crippen molar-refractivity contribution < 1.29 is 0 Å².